The number of sulfonamides is 1. The topological polar surface area (TPSA) is 106 Å². The number of hydrogen-bond acceptors (Lipinski definition) is 4. The first-order valence-corrected chi connectivity index (χ1v) is 11.6. The SMILES string of the molecule is Cn1cc(S(=O)(=O)NC[C@@H](c2ccccc2Cl)c2c[nH]c3ccccc23)c(=O)n(C)c1=O. The third-order valence-corrected chi connectivity index (χ3v) is 7.21. The average molecular weight is 473 g/mol. The summed E-state index contributed by atoms with van der Waals surface area (Å²) in [5.74, 6) is -0.425. The van der Waals surface area contributed by atoms with Crippen LogP contribution in [0.15, 0.2) is 75.4 Å². The number of benzene rings is 2. The molecule has 1 atom stereocenters. The molecule has 2 aromatic carbocycles. The van der Waals surface area contributed by atoms with Gasteiger partial charge in [0.05, 0.1) is 0 Å². The Morgan fingerprint density at radius 3 is 2.47 bits per heavy atom. The maximum Gasteiger partial charge on any atom is 0.330 e. The maximum absolute atomic E-state index is 13.0. The van der Waals surface area contributed by atoms with Crippen molar-refractivity contribution in [1.82, 2.24) is 18.8 Å². The lowest BCUT2D eigenvalue weighted by molar-refractivity contribution is 0.567. The van der Waals surface area contributed by atoms with Crippen LogP contribution in [-0.4, -0.2) is 29.1 Å². The second-order valence-electron chi connectivity index (χ2n) is 7.47. The highest BCUT2D eigenvalue weighted by molar-refractivity contribution is 7.89. The number of H-pyrrole nitrogens is 1. The third-order valence-electron chi connectivity index (χ3n) is 5.46. The van der Waals surface area contributed by atoms with Gasteiger partial charge in [0.15, 0.2) is 4.90 Å². The monoisotopic (exact) mass is 472 g/mol. The normalized spacial score (nSPS) is 12.8. The molecule has 0 saturated carbocycles. The van der Waals surface area contributed by atoms with E-state index in [0.29, 0.717) is 5.02 Å². The zero-order valence-electron chi connectivity index (χ0n) is 17.4. The van der Waals surface area contributed by atoms with Crippen molar-refractivity contribution in [3.63, 3.8) is 0 Å². The smallest absolute Gasteiger partial charge is 0.330 e. The fourth-order valence-electron chi connectivity index (χ4n) is 3.76. The largest absolute Gasteiger partial charge is 0.361 e. The van der Waals surface area contributed by atoms with Crippen LogP contribution in [0.1, 0.15) is 17.0 Å². The summed E-state index contributed by atoms with van der Waals surface area (Å²) < 4.78 is 30.4. The van der Waals surface area contributed by atoms with Crippen molar-refractivity contribution in [3.8, 4) is 0 Å². The molecule has 0 aliphatic rings. The molecule has 10 heteroatoms. The second kappa shape index (κ2) is 8.42. The Hall–Kier alpha value is -3.14. The molecule has 0 spiro atoms. The molecule has 0 bridgehead atoms. The molecule has 0 aliphatic heterocycles. The standard InChI is InChI=1S/C22H21ClN4O4S/c1-26-13-20(21(28)27(2)22(26)29)32(30,31)25-12-17(14-7-3-5-9-18(14)23)16-11-24-19-10-6-4-8-15(16)19/h3-11,13,17,24-25H,12H2,1-2H3/t17-/m0/s1. The molecule has 0 saturated heterocycles. The van der Waals surface area contributed by atoms with E-state index in [9.17, 15) is 18.0 Å². The summed E-state index contributed by atoms with van der Waals surface area (Å²) in [6, 6.07) is 14.9. The number of aryl methyl sites for hydroxylation is 1. The van der Waals surface area contributed by atoms with E-state index in [1.54, 1.807) is 12.1 Å². The van der Waals surface area contributed by atoms with E-state index in [2.05, 4.69) is 9.71 Å². The van der Waals surface area contributed by atoms with Gasteiger partial charge in [-0.3, -0.25) is 9.36 Å². The van der Waals surface area contributed by atoms with E-state index in [1.807, 2.05) is 42.6 Å². The molecule has 2 N–H and O–H groups in total. The molecule has 0 aliphatic carbocycles. The van der Waals surface area contributed by atoms with E-state index in [-0.39, 0.29) is 6.54 Å². The van der Waals surface area contributed by atoms with Crippen LogP contribution in [0.2, 0.25) is 5.02 Å². The summed E-state index contributed by atoms with van der Waals surface area (Å²) in [5.41, 5.74) is 1.03. The first-order chi connectivity index (χ1) is 15.2. The molecule has 2 heterocycles. The predicted molar refractivity (Wildman–Crippen MR) is 124 cm³/mol. The fourth-order valence-corrected chi connectivity index (χ4v) is 5.23. The first kappa shape index (κ1) is 22.1. The average Bonchev–Trinajstić information content (AvgIpc) is 3.20. The molecular formula is C22H21ClN4O4S. The summed E-state index contributed by atoms with van der Waals surface area (Å²) in [4.78, 5) is 27.1. The molecule has 32 heavy (non-hydrogen) atoms. The Bertz CT molecular complexity index is 1540. The van der Waals surface area contributed by atoms with Crippen LogP contribution in [0.25, 0.3) is 10.9 Å². The van der Waals surface area contributed by atoms with Gasteiger partial charge in [-0.25, -0.2) is 17.9 Å². The van der Waals surface area contributed by atoms with Gasteiger partial charge in [0.25, 0.3) is 5.56 Å². The van der Waals surface area contributed by atoms with Crippen LogP contribution < -0.4 is 16.0 Å². The Balaban J connectivity index is 1.77. The molecule has 8 nitrogen and oxygen atoms in total. The van der Waals surface area contributed by atoms with Crippen LogP contribution in [0.4, 0.5) is 0 Å². The highest BCUT2D eigenvalue weighted by Crippen LogP contribution is 2.34. The van der Waals surface area contributed by atoms with Gasteiger partial charge < -0.3 is 9.55 Å². The minimum absolute atomic E-state index is 0.0418. The lowest BCUT2D eigenvalue weighted by Gasteiger charge is -2.19. The van der Waals surface area contributed by atoms with Crippen molar-refractivity contribution in [2.45, 2.75) is 10.8 Å². The third kappa shape index (κ3) is 3.90. The summed E-state index contributed by atoms with van der Waals surface area (Å²) in [7, 11) is -1.58. The van der Waals surface area contributed by atoms with E-state index >= 15 is 0 Å². The molecular weight excluding hydrogens is 452 g/mol. The second-order valence-corrected chi connectivity index (χ2v) is 9.61. The lowest BCUT2D eigenvalue weighted by Crippen LogP contribution is -2.42. The van der Waals surface area contributed by atoms with Crippen LogP contribution in [0, 0.1) is 0 Å². The van der Waals surface area contributed by atoms with E-state index in [4.69, 9.17) is 11.6 Å². The van der Waals surface area contributed by atoms with Gasteiger partial charge in [0, 0.05) is 54.9 Å². The highest BCUT2D eigenvalue weighted by atomic mass is 35.5. The van der Waals surface area contributed by atoms with Gasteiger partial charge >= 0.3 is 5.69 Å². The van der Waals surface area contributed by atoms with Crippen molar-refractivity contribution in [3.05, 3.63) is 97.9 Å². The fraction of sp³-hybridized carbons (Fsp3) is 0.182. The Labute approximate surface area is 189 Å². The predicted octanol–water partition coefficient (Wildman–Crippen LogP) is 2.33. The van der Waals surface area contributed by atoms with Crippen LogP contribution in [0.3, 0.4) is 0 Å². The molecule has 4 aromatic rings. The number of nitrogens with one attached hydrogen (secondary N) is 2. The summed E-state index contributed by atoms with van der Waals surface area (Å²) in [5, 5.41) is 1.44. The van der Waals surface area contributed by atoms with Gasteiger partial charge in [-0.05, 0) is 23.3 Å². The number of halogens is 1. The zero-order chi connectivity index (χ0) is 23.0. The Kier molecular flexibility index (Phi) is 5.81. The Morgan fingerprint density at radius 1 is 1.03 bits per heavy atom. The molecule has 0 radical (unpaired) electrons. The van der Waals surface area contributed by atoms with Crippen molar-refractivity contribution in [1.29, 1.82) is 0 Å². The number of fused-ring (bicyclic) bond motifs is 1. The minimum Gasteiger partial charge on any atom is -0.361 e. The Morgan fingerprint density at radius 2 is 1.72 bits per heavy atom. The summed E-state index contributed by atoms with van der Waals surface area (Å²) in [6.45, 7) is -0.0418. The van der Waals surface area contributed by atoms with Crippen LogP contribution >= 0.6 is 11.6 Å². The summed E-state index contributed by atoms with van der Waals surface area (Å²) in [6.07, 6.45) is 2.86. The van der Waals surface area contributed by atoms with Gasteiger partial charge in [-0.1, -0.05) is 48.0 Å². The zero-order valence-corrected chi connectivity index (χ0v) is 18.9. The number of aromatic amines is 1. The minimum atomic E-state index is -4.21. The van der Waals surface area contributed by atoms with Gasteiger partial charge in [0.2, 0.25) is 10.0 Å². The maximum atomic E-state index is 13.0. The van der Waals surface area contributed by atoms with Crippen molar-refractivity contribution in [2.75, 3.05) is 6.54 Å². The van der Waals surface area contributed by atoms with Crippen molar-refractivity contribution in [2.24, 2.45) is 14.1 Å². The van der Waals surface area contributed by atoms with Crippen LogP contribution in [0.5, 0.6) is 0 Å². The summed E-state index contributed by atoms with van der Waals surface area (Å²) >= 11 is 6.46. The van der Waals surface area contributed by atoms with E-state index < -0.39 is 32.1 Å². The van der Waals surface area contributed by atoms with Crippen LogP contribution in [-0.2, 0) is 24.1 Å². The number of nitrogens with zero attached hydrogens (tertiary/aromatic N) is 2. The van der Waals surface area contributed by atoms with Crippen molar-refractivity contribution >= 4 is 32.5 Å². The molecule has 0 fully saturated rings. The van der Waals surface area contributed by atoms with Crippen molar-refractivity contribution < 1.29 is 8.42 Å². The molecule has 0 unspecified atom stereocenters. The number of rotatable bonds is 6. The quantitative estimate of drug-likeness (QED) is 0.449. The first-order valence-electron chi connectivity index (χ1n) is 9.77. The number of aromatic nitrogens is 3. The van der Waals surface area contributed by atoms with E-state index in [1.165, 1.54) is 14.1 Å². The molecule has 4 rings (SSSR count). The van der Waals surface area contributed by atoms with Gasteiger partial charge in [-0.15, -0.1) is 0 Å². The number of hydrogen-bond donors (Lipinski definition) is 2. The van der Waals surface area contributed by atoms with E-state index in [0.717, 1.165) is 37.4 Å². The molecule has 166 valence electrons. The molecule has 0 amide bonds. The van der Waals surface area contributed by atoms with Gasteiger partial charge in [-0.2, -0.15) is 0 Å². The lowest BCUT2D eigenvalue weighted by atomic mass is 9.91. The number of para-hydroxylation sites is 1. The molecule has 2 aromatic heterocycles. The highest BCUT2D eigenvalue weighted by Gasteiger charge is 2.26. The van der Waals surface area contributed by atoms with Gasteiger partial charge in [0.1, 0.15) is 0 Å².